The summed E-state index contributed by atoms with van der Waals surface area (Å²) < 4.78 is 5.61. The van der Waals surface area contributed by atoms with E-state index in [1.165, 1.54) is 12.1 Å². The summed E-state index contributed by atoms with van der Waals surface area (Å²) in [6.07, 6.45) is 0. The van der Waals surface area contributed by atoms with Gasteiger partial charge in [-0.1, -0.05) is 6.92 Å². The van der Waals surface area contributed by atoms with E-state index in [2.05, 4.69) is 33.0 Å². The van der Waals surface area contributed by atoms with Crippen LogP contribution in [0.4, 0.5) is 5.69 Å². The molecule has 1 unspecified atom stereocenters. The highest BCUT2D eigenvalue weighted by atomic mass is 16.6. The Kier molecular flexibility index (Phi) is 5.30. The Morgan fingerprint density at radius 3 is 2.37 bits per heavy atom. The minimum Gasteiger partial charge on any atom is -0.493 e. The van der Waals surface area contributed by atoms with Gasteiger partial charge >= 0.3 is 0 Å². The Balaban J connectivity index is 2.37. The van der Waals surface area contributed by atoms with Crippen molar-refractivity contribution in [3.8, 4) is 5.75 Å². The largest absolute Gasteiger partial charge is 0.493 e. The normalized spacial score (nSPS) is 13.1. The molecule has 0 saturated heterocycles. The first-order chi connectivity index (χ1) is 8.78. The number of nitro benzene ring substituents is 1. The smallest absolute Gasteiger partial charge is 0.269 e. The van der Waals surface area contributed by atoms with Crippen LogP contribution >= 0.6 is 0 Å². The average molecular weight is 266 g/mol. The maximum Gasteiger partial charge on any atom is 0.269 e. The first-order valence-electron chi connectivity index (χ1n) is 6.40. The molecule has 1 atom stereocenters. The van der Waals surface area contributed by atoms with Crippen molar-refractivity contribution in [2.75, 3.05) is 13.2 Å². The number of nitrogens with zero attached hydrogens (tertiary/aromatic N) is 1. The van der Waals surface area contributed by atoms with E-state index in [1.807, 2.05) is 0 Å². The lowest BCUT2D eigenvalue weighted by Gasteiger charge is -2.23. The van der Waals surface area contributed by atoms with Crippen molar-refractivity contribution in [3.05, 3.63) is 34.4 Å². The van der Waals surface area contributed by atoms with Crippen molar-refractivity contribution >= 4 is 5.69 Å². The molecule has 5 nitrogen and oxygen atoms in total. The molecular formula is C14H22N2O3. The number of nitrogens with one attached hydrogen (secondary N) is 1. The maximum atomic E-state index is 10.5. The van der Waals surface area contributed by atoms with E-state index in [-0.39, 0.29) is 11.2 Å². The number of rotatable bonds is 6. The summed E-state index contributed by atoms with van der Waals surface area (Å²) in [5, 5.41) is 13.9. The Morgan fingerprint density at radius 2 is 1.89 bits per heavy atom. The number of nitro groups is 1. The van der Waals surface area contributed by atoms with Crippen molar-refractivity contribution in [1.29, 1.82) is 0 Å². The topological polar surface area (TPSA) is 64.4 Å². The number of hydrogen-bond donors (Lipinski definition) is 1. The number of benzene rings is 1. The van der Waals surface area contributed by atoms with Gasteiger partial charge in [0.1, 0.15) is 5.75 Å². The fourth-order valence-electron chi connectivity index (χ4n) is 1.44. The van der Waals surface area contributed by atoms with Crippen LogP contribution < -0.4 is 10.1 Å². The average Bonchev–Trinajstić information content (AvgIpc) is 2.33. The minimum atomic E-state index is -0.417. The van der Waals surface area contributed by atoms with Crippen molar-refractivity contribution in [3.63, 3.8) is 0 Å². The van der Waals surface area contributed by atoms with Crippen LogP contribution in [0, 0.1) is 16.0 Å². The molecule has 5 heteroatoms. The molecule has 0 spiro atoms. The highest BCUT2D eigenvalue weighted by Crippen LogP contribution is 2.17. The summed E-state index contributed by atoms with van der Waals surface area (Å²) in [6, 6.07) is 6.16. The van der Waals surface area contributed by atoms with E-state index in [0.29, 0.717) is 18.3 Å². The second kappa shape index (κ2) is 6.52. The first-order valence-corrected chi connectivity index (χ1v) is 6.40. The van der Waals surface area contributed by atoms with E-state index in [0.717, 1.165) is 6.54 Å². The molecule has 1 aromatic carbocycles. The first kappa shape index (κ1) is 15.4. The molecule has 1 rings (SSSR count). The van der Waals surface area contributed by atoms with Crippen LogP contribution in [0.5, 0.6) is 5.75 Å². The maximum absolute atomic E-state index is 10.5. The van der Waals surface area contributed by atoms with Gasteiger partial charge in [0.2, 0.25) is 0 Å². The molecule has 0 aliphatic heterocycles. The van der Waals surface area contributed by atoms with Crippen LogP contribution in [0.25, 0.3) is 0 Å². The van der Waals surface area contributed by atoms with Gasteiger partial charge in [0.15, 0.2) is 0 Å². The Hall–Kier alpha value is -1.62. The lowest BCUT2D eigenvalue weighted by atomic mass is 10.1. The van der Waals surface area contributed by atoms with Crippen molar-refractivity contribution in [2.45, 2.75) is 33.2 Å². The van der Waals surface area contributed by atoms with Gasteiger partial charge in [-0.15, -0.1) is 0 Å². The molecule has 0 bridgehead atoms. The quantitative estimate of drug-likeness (QED) is 0.635. The second-order valence-corrected chi connectivity index (χ2v) is 5.80. The molecule has 0 saturated carbocycles. The van der Waals surface area contributed by atoms with Crippen LogP contribution in [0.3, 0.4) is 0 Å². The molecule has 1 N–H and O–H groups in total. The fourth-order valence-corrected chi connectivity index (χ4v) is 1.44. The predicted octanol–water partition coefficient (Wildman–Crippen LogP) is 3.00. The van der Waals surface area contributed by atoms with Gasteiger partial charge in [0.25, 0.3) is 5.69 Å². The summed E-state index contributed by atoms with van der Waals surface area (Å²) in [5.74, 6) is 1.03. The van der Waals surface area contributed by atoms with Crippen molar-refractivity contribution < 1.29 is 9.66 Å². The summed E-state index contributed by atoms with van der Waals surface area (Å²) in [7, 11) is 0. The van der Waals surface area contributed by atoms with E-state index in [4.69, 9.17) is 4.74 Å². The van der Waals surface area contributed by atoms with Gasteiger partial charge in [-0.05, 0) is 32.9 Å². The fraction of sp³-hybridized carbons (Fsp3) is 0.571. The van der Waals surface area contributed by atoms with Crippen LogP contribution in [0.2, 0.25) is 0 Å². The Bertz CT molecular complexity index is 410. The standard InChI is InChI=1S/C14H22N2O3/c1-11(9-15-14(2,3)4)10-19-13-7-5-12(6-8-13)16(17)18/h5-8,11,15H,9-10H2,1-4H3. The molecule has 0 amide bonds. The third-order valence-corrected chi connectivity index (χ3v) is 2.56. The second-order valence-electron chi connectivity index (χ2n) is 5.80. The molecule has 0 fully saturated rings. The van der Waals surface area contributed by atoms with Gasteiger partial charge in [-0.25, -0.2) is 0 Å². The summed E-state index contributed by atoms with van der Waals surface area (Å²) in [4.78, 5) is 10.1. The molecular weight excluding hydrogens is 244 g/mol. The molecule has 19 heavy (non-hydrogen) atoms. The molecule has 0 aliphatic carbocycles. The molecule has 0 heterocycles. The predicted molar refractivity (Wildman–Crippen MR) is 75.5 cm³/mol. The van der Waals surface area contributed by atoms with Crippen LogP contribution in [0.1, 0.15) is 27.7 Å². The van der Waals surface area contributed by atoms with Crippen LogP contribution in [-0.2, 0) is 0 Å². The minimum absolute atomic E-state index is 0.0785. The number of ether oxygens (including phenoxy) is 1. The molecule has 1 aromatic rings. The lowest BCUT2D eigenvalue weighted by Crippen LogP contribution is -2.39. The van der Waals surface area contributed by atoms with E-state index < -0.39 is 4.92 Å². The van der Waals surface area contributed by atoms with Crippen LogP contribution in [-0.4, -0.2) is 23.6 Å². The van der Waals surface area contributed by atoms with Crippen molar-refractivity contribution in [1.82, 2.24) is 5.32 Å². The molecule has 0 aromatic heterocycles. The van der Waals surface area contributed by atoms with Gasteiger partial charge in [0.05, 0.1) is 11.5 Å². The highest BCUT2D eigenvalue weighted by Gasteiger charge is 2.11. The number of non-ortho nitro benzene ring substituents is 1. The Labute approximate surface area is 114 Å². The highest BCUT2D eigenvalue weighted by molar-refractivity contribution is 5.35. The van der Waals surface area contributed by atoms with Gasteiger partial charge in [-0.2, -0.15) is 0 Å². The van der Waals surface area contributed by atoms with Gasteiger partial charge < -0.3 is 10.1 Å². The van der Waals surface area contributed by atoms with Crippen molar-refractivity contribution in [2.24, 2.45) is 5.92 Å². The molecule has 0 radical (unpaired) electrons. The number of hydrogen-bond acceptors (Lipinski definition) is 4. The van der Waals surface area contributed by atoms with Gasteiger partial charge in [0, 0.05) is 30.1 Å². The zero-order chi connectivity index (χ0) is 14.5. The molecule has 106 valence electrons. The Morgan fingerprint density at radius 1 is 1.32 bits per heavy atom. The third-order valence-electron chi connectivity index (χ3n) is 2.56. The van der Waals surface area contributed by atoms with E-state index in [9.17, 15) is 10.1 Å². The van der Waals surface area contributed by atoms with Crippen LogP contribution in [0.15, 0.2) is 24.3 Å². The zero-order valence-corrected chi connectivity index (χ0v) is 12.0. The van der Waals surface area contributed by atoms with E-state index >= 15 is 0 Å². The molecule has 0 aliphatic rings. The zero-order valence-electron chi connectivity index (χ0n) is 12.0. The summed E-state index contributed by atoms with van der Waals surface area (Å²) in [6.45, 7) is 9.92. The lowest BCUT2D eigenvalue weighted by molar-refractivity contribution is -0.384. The monoisotopic (exact) mass is 266 g/mol. The van der Waals surface area contributed by atoms with E-state index in [1.54, 1.807) is 12.1 Å². The summed E-state index contributed by atoms with van der Waals surface area (Å²) >= 11 is 0. The van der Waals surface area contributed by atoms with Gasteiger partial charge in [-0.3, -0.25) is 10.1 Å². The third kappa shape index (κ3) is 6.20. The SMILES string of the molecule is CC(CNC(C)(C)C)COc1ccc([N+](=O)[O-])cc1. The summed E-state index contributed by atoms with van der Waals surface area (Å²) in [5.41, 5.74) is 0.177.